The van der Waals surface area contributed by atoms with Gasteiger partial charge in [-0.05, 0) is 17.5 Å². The van der Waals surface area contributed by atoms with Gasteiger partial charge in [0.2, 0.25) is 0 Å². The SMILES string of the molecule is CN(OC(=O)c1ccccc1)C(=S)c1cccc2cccc(C=O)c12. The van der Waals surface area contributed by atoms with Gasteiger partial charge in [-0.3, -0.25) is 4.79 Å². The topological polar surface area (TPSA) is 46.6 Å². The van der Waals surface area contributed by atoms with Gasteiger partial charge in [0.15, 0.2) is 6.29 Å². The van der Waals surface area contributed by atoms with E-state index in [-0.39, 0.29) is 0 Å². The largest absolute Gasteiger partial charge is 0.363 e. The maximum Gasteiger partial charge on any atom is 0.363 e. The Morgan fingerprint density at radius 1 is 1.00 bits per heavy atom. The number of carbonyl (C=O) groups is 2. The lowest BCUT2D eigenvalue weighted by atomic mass is 10.00. The van der Waals surface area contributed by atoms with Crippen LogP contribution in [0.1, 0.15) is 26.3 Å². The van der Waals surface area contributed by atoms with Crippen molar-refractivity contribution in [3.05, 3.63) is 83.4 Å². The van der Waals surface area contributed by atoms with Crippen LogP contribution in [0.3, 0.4) is 0 Å². The van der Waals surface area contributed by atoms with Gasteiger partial charge in [0, 0.05) is 23.6 Å². The second kappa shape index (κ2) is 7.23. The van der Waals surface area contributed by atoms with Crippen molar-refractivity contribution in [3.63, 3.8) is 0 Å². The Hall–Kier alpha value is -3.05. The van der Waals surface area contributed by atoms with Crippen molar-refractivity contribution in [2.75, 3.05) is 7.05 Å². The molecule has 0 saturated carbocycles. The van der Waals surface area contributed by atoms with Crippen LogP contribution in [0.4, 0.5) is 0 Å². The van der Waals surface area contributed by atoms with Gasteiger partial charge in [-0.1, -0.05) is 66.8 Å². The molecule has 0 aromatic heterocycles. The molecule has 0 aliphatic heterocycles. The second-order valence-corrected chi connectivity index (χ2v) is 5.80. The number of nitrogens with zero attached hydrogens (tertiary/aromatic N) is 1. The van der Waals surface area contributed by atoms with Crippen molar-refractivity contribution in [2.24, 2.45) is 0 Å². The summed E-state index contributed by atoms with van der Waals surface area (Å²) in [7, 11) is 1.57. The maximum atomic E-state index is 12.2. The zero-order chi connectivity index (χ0) is 17.8. The molecule has 0 aliphatic rings. The molecule has 0 amide bonds. The second-order valence-electron chi connectivity index (χ2n) is 5.42. The summed E-state index contributed by atoms with van der Waals surface area (Å²) < 4.78 is 0. The highest BCUT2D eigenvalue weighted by Crippen LogP contribution is 2.24. The van der Waals surface area contributed by atoms with Crippen molar-refractivity contribution >= 4 is 40.2 Å². The van der Waals surface area contributed by atoms with E-state index in [2.05, 4.69) is 0 Å². The number of hydrogen-bond acceptors (Lipinski definition) is 4. The number of rotatable bonds is 3. The van der Waals surface area contributed by atoms with Gasteiger partial charge in [0.25, 0.3) is 0 Å². The molecule has 0 radical (unpaired) electrons. The van der Waals surface area contributed by atoms with E-state index in [9.17, 15) is 9.59 Å². The van der Waals surface area contributed by atoms with Crippen LogP contribution in [0.25, 0.3) is 10.8 Å². The van der Waals surface area contributed by atoms with Gasteiger partial charge in [-0.2, -0.15) is 5.06 Å². The van der Waals surface area contributed by atoms with Crippen LogP contribution in [-0.2, 0) is 4.84 Å². The molecule has 0 N–H and O–H groups in total. The van der Waals surface area contributed by atoms with Crippen LogP contribution in [0.5, 0.6) is 0 Å². The van der Waals surface area contributed by atoms with Gasteiger partial charge in [0.05, 0.1) is 5.56 Å². The van der Waals surface area contributed by atoms with E-state index >= 15 is 0 Å². The summed E-state index contributed by atoms with van der Waals surface area (Å²) in [6.07, 6.45) is 0.796. The number of hydrogen-bond donors (Lipinski definition) is 0. The van der Waals surface area contributed by atoms with Crippen LogP contribution in [0.15, 0.2) is 66.7 Å². The molecular weight excluding hydrogens is 334 g/mol. The lowest BCUT2D eigenvalue weighted by molar-refractivity contribution is -0.0374. The fourth-order valence-corrected chi connectivity index (χ4v) is 2.82. The molecule has 25 heavy (non-hydrogen) atoms. The third kappa shape index (κ3) is 3.41. The quantitative estimate of drug-likeness (QED) is 0.406. The van der Waals surface area contributed by atoms with Gasteiger partial charge in [-0.25, -0.2) is 4.79 Å². The summed E-state index contributed by atoms with van der Waals surface area (Å²) in [5.41, 5.74) is 1.64. The number of hydroxylamine groups is 2. The smallest absolute Gasteiger partial charge is 0.335 e. The van der Waals surface area contributed by atoms with Crippen LogP contribution >= 0.6 is 12.2 Å². The summed E-state index contributed by atoms with van der Waals surface area (Å²) >= 11 is 5.48. The lowest BCUT2D eigenvalue weighted by Crippen LogP contribution is -2.29. The molecule has 0 fully saturated rings. The van der Waals surface area contributed by atoms with E-state index in [0.717, 1.165) is 17.1 Å². The Kier molecular flexibility index (Phi) is 4.86. The van der Waals surface area contributed by atoms with Crippen molar-refractivity contribution in [1.29, 1.82) is 0 Å². The van der Waals surface area contributed by atoms with Crippen LogP contribution in [-0.4, -0.2) is 29.4 Å². The summed E-state index contributed by atoms with van der Waals surface area (Å²) in [6, 6.07) is 19.7. The highest BCUT2D eigenvalue weighted by Gasteiger charge is 2.17. The number of aldehydes is 1. The Bertz CT molecular complexity index is 948. The first-order chi connectivity index (χ1) is 12.1. The number of thiocarbonyl (C=S) groups is 1. The molecule has 0 spiro atoms. The normalized spacial score (nSPS) is 10.3. The minimum Gasteiger partial charge on any atom is -0.335 e. The Morgan fingerprint density at radius 2 is 1.68 bits per heavy atom. The predicted molar refractivity (Wildman–Crippen MR) is 101 cm³/mol. The number of fused-ring (bicyclic) bond motifs is 1. The van der Waals surface area contributed by atoms with Gasteiger partial charge >= 0.3 is 5.97 Å². The molecule has 5 heteroatoms. The fourth-order valence-electron chi connectivity index (χ4n) is 2.61. The summed E-state index contributed by atoms with van der Waals surface area (Å²) in [5.74, 6) is -0.499. The Balaban J connectivity index is 1.92. The van der Waals surface area contributed by atoms with Crippen LogP contribution in [0.2, 0.25) is 0 Å². The van der Waals surface area contributed by atoms with Crippen LogP contribution < -0.4 is 0 Å². The van der Waals surface area contributed by atoms with Crippen molar-refractivity contribution in [1.82, 2.24) is 5.06 Å². The zero-order valence-electron chi connectivity index (χ0n) is 13.5. The molecule has 0 atom stereocenters. The van der Waals surface area contributed by atoms with Gasteiger partial charge in [0.1, 0.15) is 4.99 Å². The van der Waals surface area contributed by atoms with Crippen LogP contribution in [0, 0.1) is 0 Å². The third-order valence-corrected chi connectivity index (χ3v) is 4.29. The van der Waals surface area contributed by atoms with Gasteiger partial charge < -0.3 is 4.84 Å². The van der Waals surface area contributed by atoms with E-state index in [0.29, 0.717) is 21.7 Å². The Labute approximate surface area is 150 Å². The average molecular weight is 349 g/mol. The molecule has 3 aromatic carbocycles. The van der Waals surface area contributed by atoms with E-state index in [1.807, 2.05) is 36.4 Å². The minimum atomic E-state index is -0.499. The summed E-state index contributed by atoms with van der Waals surface area (Å²) in [4.78, 5) is 29.2. The molecule has 3 aromatic rings. The Morgan fingerprint density at radius 3 is 2.36 bits per heavy atom. The number of carbonyl (C=O) groups excluding carboxylic acids is 2. The van der Waals surface area contributed by atoms with Crippen molar-refractivity contribution in [2.45, 2.75) is 0 Å². The standard InChI is InChI=1S/C20H15NO3S/c1-21(24-20(23)15-7-3-2-4-8-15)19(25)17-12-6-10-14-9-5-11-16(13-22)18(14)17/h2-13H,1H3. The molecule has 0 bridgehead atoms. The highest BCUT2D eigenvalue weighted by atomic mass is 32.1. The van der Waals surface area contributed by atoms with E-state index in [1.54, 1.807) is 37.4 Å². The van der Waals surface area contributed by atoms with E-state index in [4.69, 9.17) is 17.1 Å². The van der Waals surface area contributed by atoms with Crippen molar-refractivity contribution < 1.29 is 14.4 Å². The first kappa shape index (κ1) is 16.8. The highest BCUT2D eigenvalue weighted by molar-refractivity contribution is 7.80. The molecule has 0 aliphatic carbocycles. The number of benzene rings is 3. The monoisotopic (exact) mass is 349 g/mol. The van der Waals surface area contributed by atoms with Crippen molar-refractivity contribution in [3.8, 4) is 0 Å². The first-order valence-corrected chi connectivity index (χ1v) is 8.05. The molecular formula is C20H15NO3S. The third-order valence-electron chi connectivity index (χ3n) is 3.81. The minimum absolute atomic E-state index is 0.323. The van der Waals surface area contributed by atoms with Gasteiger partial charge in [-0.15, -0.1) is 0 Å². The fraction of sp³-hybridized carbons (Fsp3) is 0.0500. The van der Waals surface area contributed by atoms with E-state index < -0.39 is 5.97 Å². The first-order valence-electron chi connectivity index (χ1n) is 7.64. The van der Waals surface area contributed by atoms with E-state index in [1.165, 1.54) is 5.06 Å². The molecule has 4 nitrogen and oxygen atoms in total. The molecule has 0 heterocycles. The zero-order valence-corrected chi connectivity index (χ0v) is 14.3. The lowest BCUT2D eigenvalue weighted by Gasteiger charge is -2.20. The summed E-state index contributed by atoms with van der Waals surface area (Å²) in [5, 5.41) is 2.89. The molecule has 0 unspecified atom stereocenters. The summed E-state index contributed by atoms with van der Waals surface area (Å²) in [6.45, 7) is 0. The average Bonchev–Trinajstić information content (AvgIpc) is 2.67. The maximum absolute atomic E-state index is 12.2. The molecule has 124 valence electrons. The molecule has 0 saturated heterocycles. The molecule has 3 rings (SSSR count). The predicted octanol–water partition coefficient (Wildman–Crippen LogP) is 4.03.